The van der Waals surface area contributed by atoms with Crippen molar-refractivity contribution in [3.8, 4) is 22.8 Å². The van der Waals surface area contributed by atoms with Gasteiger partial charge in [-0.25, -0.2) is 13.1 Å². The summed E-state index contributed by atoms with van der Waals surface area (Å²) in [6.07, 6.45) is 8.17. The Kier molecular flexibility index (Phi) is 9.79. The maximum absolute atomic E-state index is 12.9. The third kappa shape index (κ3) is 7.74. The zero-order chi connectivity index (χ0) is 31.1. The fourth-order valence-corrected chi connectivity index (χ4v) is 6.08. The summed E-state index contributed by atoms with van der Waals surface area (Å²) in [6.45, 7) is 6.20. The fraction of sp³-hybridized carbons (Fsp3) is 0.324. The van der Waals surface area contributed by atoms with Crippen molar-refractivity contribution in [3.05, 3.63) is 90.0 Å². The van der Waals surface area contributed by atoms with E-state index in [1.54, 1.807) is 30.3 Å². The monoisotopic (exact) mass is 613 g/mol. The fourth-order valence-electron chi connectivity index (χ4n) is 5.09. The molecule has 44 heavy (non-hydrogen) atoms. The Morgan fingerprint density at radius 2 is 1.82 bits per heavy atom. The highest BCUT2D eigenvalue weighted by molar-refractivity contribution is 7.90. The maximum atomic E-state index is 12.9. The molecule has 4 aromatic rings. The highest BCUT2D eigenvalue weighted by Gasteiger charge is 2.20. The number of nitrogens with one attached hydrogen (secondary N) is 2. The molecule has 1 heterocycles. The number of carbonyl (C=O) groups excluding carboxylic acids is 1. The van der Waals surface area contributed by atoms with Gasteiger partial charge in [0.05, 0.1) is 16.3 Å². The molecule has 0 spiro atoms. The van der Waals surface area contributed by atoms with Crippen molar-refractivity contribution in [2.75, 3.05) is 30.4 Å². The van der Waals surface area contributed by atoms with Crippen molar-refractivity contribution < 1.29 is 17.7 Å². The number of rotatable bonds is 12. The van der Waals surface area contributed by atoms with Crippen LogP contribution in [0.5, 0.6) is 0 Å². The molecule has 0 bridgehead atoms. The summed E-state index contributed by atoms with van der Waals surface area (Å²) >= 11 is 0. The first kappa shape index (κ1) is 31.0. The quantitative estimate of drug-likeness (QED) is 0.165. The second kappa shape index (κ2) is 13.9. The number of allylic oxidation sites excluding steroid dienone is 1. The first-order chi connectivity index (χ1) is 21.2. The molecule has 2 N–H and O–H groups in total. The van der Waals surface area contributed by atoms with Gasteiger partial charge in [-0.15, -0.1) is 0 Å². The molecule has 1 aromatic heterocycles. The molecule has 0 aliphatic heterocycles. The number of hydrogen-bond acceptors (Lipinski definition) is 8. The Morgan fingerprint density at radius 3 is 2.57 bits per heavy atom. The topological polar surface area (TPSA) is 117 Å². The second-order valence-corrected chi connectivity index (χ2v) is 13.2. The Labute approximate surface area is 259 Å². The molecule has 9 nitrogen and oxygen atoms in total. The van der Waals surface area contributed by atoms with Crippen LogP contribution in [0.25, 0.3) is 22.8 Å². The van der Waals surface area contributed by atoms with E-state index in [9.17, 15) is 13.2 Å². The van der Waals surface area contributed by atoms with Crippen LogP contribution in [0.15, 0.2) is 93.9 Å². The van der Waals surface area contributed by atoms with E-state index in [-0.39, 0.29) is 16.3 Å². The molecule has 0 saturated heterocycles. The SMILES string of the molecule is CC(C)CCN(C)c1ccc(-c2noc(-c3cccc(C(=O)NS(=O)(=O)c4ccccc4)c3)n2)cc1NCC1=CCCCC1. The summed E-state index contributed by atoms with van der Waals surface area (Å²) < 4.78 is 33.0. The second-order valence-electron chi connectivity index (χ2n) is 11.5. The lowest BCUT2D eigenvalue weighted by atomic mass is 9.99. The van der Waals surface area contributed by atoms with E-state index in [1.807, 2.05) is 6.07 Å². The average molecular weight is 614 g/mol. The van der Waals surface area contributed by atoms with Crippen LogP contribution in [0.3, 0.4) is 0 Å². The summed E-state index contributed by atoms with van der Waals surface area (Å²) in [5, 5.41) is 7.89. The van der Waals surface area contributed by atoms with E-state index in [0.717, 1.165) is 49.3 Å². The smallest absolute Gasteiger partial charge is 0.265 e. The molecule has 1 amide bonds. The molecular weight excluding hydrogens is 574 g/mol. The Hall–Kier alpha value is -4.44. The lowest BCUT2D eigenvalue weighted by Gasteiger charge is -2.25. The molecule has 0 atom stereocenters. The summed E-state index contributed by atoms with van der Waals surface area (Å²) in [7, 11) is -1.90. The molecule has 3 aromatic carbocycles. The first-order valence-corrected chi connectivity index (χ1v) is 16.5. The molecule has 230 valence electrons. The third-order valence-electron chi connectivity index (χ3n) is 7.68. The van der Waals surface area contributed by atoms with E-state index in [2.05, 4.69) is 64.2 Å². The molecule has 0 saturated carbocycles. The zero-order valence-electron chi connectivity index (χ0n) is 25.4. The van der Waals surface area contributed by atoms with Gasteiger partial charge in [0.1, 0.15) is 0 Å². The number of amides is 1. The van der Waals surface area contributed by atoms with Crippen LogP contribution in [0, 0.1) is 5.92 Å². The van der Waals surface area contributed by atoms with Gasteiger partial charge in [0.2, 0.25) is 5.82 Å². The van der Waals surface area contributed by atoms with Crippen LogP contribution in [0.2, 0.25) is 0 Å². The Morgan fingerprint density at radius 1 is 1.00 bits per heavy atom. The largest absolute Gasteiger partial charge is 0.380 e. The summed E-state index contributed by atoms with van der Waals surface area (Å²) in [5.74, 6) is 0.492. The molecule has 5 rings (SSSR count). The van der Waals surface area contributed by atoms with E-state index in [1.165, 1.54) is 42.7 Å². The molecule has 0 unspecified atom stereocenters. The number of benzene rings is 3. The standard InChI is InChI=1S/C34H39N5O4S/c1-24(2)19-20-39(3)31-18-17-26(22-30(31)35-23-25-11-6-4-7-12-25)32-36-34(43-37-32)28-14-10-13-27(21-28)33(40)38-44(41,42)29-15-8-5-9-16-29/h5,8-11,13-18,21-22,24,35H,4,6-7,12,19-20,23H2,1-3H3,(H,38,40). The van der Waals surface area contributed by atoms with Gasteiger partial charge in [-0.05, 0) is 86.6 Å². The van der Waals surface area contributed by atoms with Crippen molar-refractivity contribution in [2.24, 2.45) is 5.92 Å². The molecule has 0 fully saturated rings. The van der Waals surface area contributed by atoms with Gasteiger partial charge in [-0.3, -0.25) is 4.79 Å². The predicted molar refractivity (Wildman–Crippen MR) is 174 cm³/mol. The minimum Gasteiger partial charge on any atom is -0.380 e. The van der Waals surface area contributed by atoms with Gasteiger partial charge in [0.25, 0.3) is 21.8 Å². The van der Waals surface area contributed by atoms with Gasteiger partial charge in [-0.2, -0.15) is 4.98 Å². The van der Waals surface area contributed by atoms with Gasteiger partial charge >= 0.3 is 0 Å². The first-order valence-electron chi connectivity index (χ1n) is 15.0. The van der Waals surface area contributed by atoms with Crippen molar-refractivity contribution in [1.29, 1.82) is 0 Å². The van der Waals surface area contributed by atoms with Crippen LogP contribution < -0.4 is 14.9 Å². The van der Waals surface area contributed by atoms with Gasteiger partial charge in [0, 0.05) is 36.8 Å². The highest BCUT2D eigenvalue weighted by atomic mass is 32.2. The molecule has 1 aliphatic rings. The van der Waals surface area contributed by atoms with Crippen LogP contribution in [-0.4, -0.2) is 44.6 Å². The van der Waals surface area contributed by atoms with Gasteiger partial charge in [0.15, 0.2) is 0 Å². The normalized spacial score (nSPS) is 13.4. The molecular formula is C34H39N5O4S. The van der Waals surface area contributed by atoms with Crippen molar-refractivity contribution in [1.82, 2.24) is 14.9 Å². The number of aromatic nitrogens is 2. The van der Waals surface area contributed by atoms with Crippen LogP contribution >= 0.6 is 0 Å². The van der Waals surface area contributed by atoms with Crippen LogP contribution in [0.4, 0.5) is 11.4 Å². The van der Waals surface area contributed by atoms with Gasteiger partial charge < -0.3 is 14.7 Å². The molecule has 1 aliphatic carbocycles. The van der Waals surface area contributed by atoms with E-state index >= 15 is 0 Å². The maximum Gasteiger partial charge on any atom is 0.265 e. The molecule has 10 heteroatoms. The summed E-state index contributed by atoms with van der Waals surface area (Å²) in [4.78, 5) is 19.8. The highest BCUT2D eigenvalue weighted by Crippen LogP contribution is 2.32. The van der Waals surface area contributed by atoms with E-state index < -0.39 is 15.9 Å². The zero-order valence-corrected chi connectivity index (χ0v) is 26.2. The van der Waals surface area contributed by atoms with Crippen molar-refractivity contribution >= 4 is 27.3 Å². The summed E-state index contributed by atoms with van der Waals surface area (Å²) in [5.41, 5.74) is 4.99. The third-order valence-corrected chi connectivity index (χ3v) is 9.02. The lowest BCUT2D eigenvalue weighted by molar-refractivity contribution is 0.0981. The van der Waals surface area contributed by atoms with Crippen molar-refractivity contribution in [3.63, 3.8) is 0 Å². The Balaban J connectivity index is 1.36. The number of hydrogen-bond donors (Lipinski definition) is 2. The van der Waals surface area contributed by atoms with Crippen LogP contribution in [0.1, 0.15) is 56.3 Å². The molecule has 0 radical (unpaired) electrons. The summed E-state index contributed by atoms with van der Waals surface area (Å²) in [6, 6.07) is 20.3. The average Bonchev–Trinajstić information content (AvgIpc) is 3.54. The van der Waals surface area contributed by atoms with Crippen molar-refractivity contribution in [2.45, 2.75) is 50.8 Å². The van der Waals surface area contributed by atoms with Gasteiger partial charge in [-0.1, -0.05) is 54.9 Å². The van der Waals surface area contributed by atoms with Crippen LogP contribution in [-0.2, 0) is 10.0 Å². The van der Waals surface area contributed by atoms with E-state index in [0.29, 0.717) is 17.3 Å². The Bertz CT molecular complexity index is 1730. The number of sulfonamides is 1. The minimum absolute atomic E-state index is 0.00695. The predicted octanol–water partition coefficient (Wildman–Crippen LogP) is 6.92. The number of carbonyl (C=O) groups is 1. The number of nitrogens with zero attached hydrogens (tertiary/aromatic N) is 3. The minimum atomic E-state index is -4.02. The van der Waals surface area contributed by atoms with E-state index in [4.69, 9.17) is 4.52 Å². The number of anilines is 2. The lowest BCUT2D eigenvalue weighted by Crippen LogP contribution is -2.30.